The molecule has 2 atom stereocenters. The second-order valence-electron chi connectivity index (χ2n) is 7.29. The van der Waals surface area contributed by atoms with Gasteiger partial charge in [0, 0.05) is 23.4 Å². The van der Waals surface area contributed by atoms with Crippen molar-refractivity contribution in [3.05, 3.63) is 59.9 Å². The number of hydrogen-bond acceptors (Lipinski definition) is 5. The molecule has 1 amide bonds. The molecule has 0 unspecified atom stereocenters. The van der Waals surface area contributed by atoms with Gasteiger partial charge in [0.2, 0.25) is 0 Å². The summed E-state index contributed by atoms with van der Waals surface area (Å²) < 4.78 is 11.0. The number of pyridine rings is 1. The molecule has 6 nitrogen and oxygen atoms in total. The molecule has 3 heterocycles. The second-order valence-corrected chi connectivity index (χ2v) is 7.29. The summed E-state index contributed by atoms with van der Waals surface area (Å²) in [7, 11) is 0. The van der Waals surface area contributed by atoms with Crippen LogP contribution in [0, 0.1) is 5.92 Å². The molecule has 4 rings (SSSR count). The summed E-state index contributed by atoms with van der Waals surface area (Å²) in [5, 5.41) is 4.24. The molecule has 1 aliphatic rings. The molecule has 1 saturated heterocycles. The fourth-order valence-corrected chi connectivity index (χ4v) is 3.65. The third-order valence-corrected chi connectivity index (χ3v) is 5.07. The Balaban J connectivity index is 1.51. The number of oxazole rings is 1. The molecule has 6 heteroatoms. The van der Waals surface area contributed by atoms with Crippen molar-refractivity contribution in [2.75, 3.05) is 13.2 Å². The first-order valence-electron chi connectivity index (χ1n) is 9.28. The van der Waals surface area contributed by atoms with Gasteiger partial charge in [-0.25, -0.2) is 4.98 Å². The second kappa shape index (κ2) is 7.48. The number of nitrogens with zero attached hydrogens (tertiary/aromatic N) is 2. The average Bonchev–Trinajstić information content (AvgIpc) is 3.32. The van der Waals surface area contributed by atoms with Gasteiger partial charge in [-0.3, -0.25) is 9.78 Å². The van der Waals surface area contributed by atoms with E-state index in [0.29, 0.717) is 24.7 Å². The number of ether oxygens (including phenoxy) is 1. The quantitative estimate of drug-likeness (QED) is 0.750. The Kier molecular flexibility index (Phi) is 4.90. The highest BCUT2D eigenvalue weighted by molar-refractivity contribution is 5.93. The van der Waals surface area contributed by atoms with Gasteiger partial charge in [-0.2, -0.15) is 0 Å². The van der Waals surface area contributed by atoms with E-state index in [9.17, 15) is 4.79 Å². The smallest absolute Gasteiger partial charge is 0.273 e. The molecule has 1 aliphatic heterocycles. The molecule has 140 valence electrons. The van der Waals surface area contributed by atoms with Crippen LogP contribution < -0.4 is 5.32 Å². The fraction of sp³-hybridized carbons (Fsp3) is 0.381. The van der Waals surface area contributed by atoms with Crippen LogP contribution in [0.2, 0.25) is 0 Å². The van der Waals surface area contributed by atoms with Gasteiger partial charge >= 0.3 is 0 Å². The van der Waals surface area contributed by atoms with E-state index < -0.39 is 0 Å². The number of para-hydroxylation sites is 1. The first-order valence-corrected chi connectivity index (χ1v) is 9.28. The van der Waals surface area contributed by atoms with Crippen molar-refractivity contribution in [2.45, 2.75) is 32.2 Å². The van der Waals surface area contributed by atoms with Crippen LogP contribution in [0.4, 0.5) is 0 Å². The van der Waals surface area contributed by atoms with Crippen molar-refractivity contribution in [3.8, 4) is 0 Å². The normalized spacial score (nSPS) is 19.7. The molecular formula is C21H23N3O3. The minimum atomic E-state index is -0.201. The third-order valence-electron chi connectivity index (χ3n) is 5.07. The lowest BCUT2D eigenvalue weighted by Crippen LogP contribution is -2.41. The number of carbonyl (C=O) groups is 1. The number of nitrogens with one attached hydrogen (secondary N) is 1. The van der Waals surface area contributed by atoms with E-state index in [1.807, 2.05) is 44.3 Å². The number of rotatable bonds is 5. The first kappa shape index (κ1) is 17.7. The Morgan fingerprint density at radius 1 is 1.22 bits per heavy atom. The zero-order valence-corrected chi connectivity index (χ0v) is 15.5. The Morgan fingerprint density at radius 3 is 2.93 bits per heavy atom. The molecule has 1 N–H and O–H groups in total. The Morgan fingerprint density at radius 2 is 2.07 bits per heavy atom. The van der Waals surface area contributed by atoms with Crippen LogP contribution in [0.3, 0.4) is 0 Å². The van der Waals surface area contributed by atoms with Crippen molar-refractivity contribution in [2.24, 2.45) is 5.92 Å². The van der Waals surface area contributed by atoms with Crippen LogP contribution >= 0.6 is 0 Å². The maximum absolute atomic E-state index is 12.7. The molecule has 0 saturated carbocycles. The van der Waals surface area contributed by atoms with E-state index in [1.165, 1.54) is 12.0 Å². The molecule has 0 aliphatic carbocycles. The summed E-state index contributed by atoms with van der Waals surface area (Å²) in [4.78, 5) is 21.2. The molecule has 1 aromatic carbocycles. The molecule has 1 fully saturated rings. The van der Waals surface area contributed by atoms with Crippen molar-refractivity contribution >= 4 is 16.8 Å². The predicted octanol–water partition coefficient (Wildman–Crippen LogP) is 3.33. The summed E-state index contributed by atoms with van der Waals surface area (Å²) in [5.41, 5.74) is 2.57. The highest BCUT2D eigenvalue weighted by Crippen LogP contribution is 2.25. The standard InChI is InChI=1S/C21H23N3O3/c1-13(2)20-19(23-12-27-20)21(25)24-18-11-26-10-15(18)9-14-7-8-22-17-6-4-3-5-16(14)17/h3-8,12-13,15,18H,9-11H2,1-2H3,(H,24,25)/t15-,18+/m1/s1. The minimum Gasteiger partial charge on any atom is -0.447 e. The van der Waals surface area contributed by atoms with Gasteiger partial charge in [-0.05, 0) is 24.1 Å². The number of amides is 1. The molecule has 0 radical (unpaired) electrons. The summed E-state index contributed by atoms with van der Waals surface area (Å²) in [5.74, 6) is 0.719. The van der Waals surface area contributed by atoms with Crippen LogP contribution in [0.5, 0.6) is 0 Å². The number of hydrogen-bond donors (Lipinski definition) is 1. The fourth-order valence-electron chi connectivity index (χ4n) is 3.65. The van der Waals surface area contributed by atoms with Crippen LogP contribution in [0.25, 0.3) is 10.9 Å². The summed E-state index contributed by atoms with van der Waals surface area (Å²) in [6.07, 6.45) is 3.99. The average molecular weight is 365 g/mol. The van der Waals surface area contributed by atoms with Gasteiger partial charge in [-0.15, -0.1) is 0 Å². The van der Waals surface area contributed by atoms with Crippen LogP contribution in [0.1, 0.15) is 41.6 Å². The summed E-state index contributed by atoms with van der Waals surface area (Å²) in [6, 6.07) is 10.1. The lowest BCUT2D eigenvalue weighted by molar-refractivity contribution is 0.0918. The van der Waals surface area contributed by atoms with E-state index in [-0.39, 0.29) is 23.8 Å². The van der Waals surface area contributed by atoms with Crippen LogP contribution in [-0.2, 0) is 11.2 Å². The summed E-state index contributed by atoms with van der Waals surface area (Å²) >= 11 is 0. The predicted molar refractivity (Wildman–Crippen MR) is 102 cm³/mol. The molecule has 0 spiro atoms. The van der Waals surface area contributed by atoms with Gasteiger partial charge < -0.3 is 14.5 Å². The van der Waals surface area contributed by atoms with Crippen molar-refractivity contribution < 1.29 is 13.9 Å². The van der Waals surface area contributed by atoms with Gasteiger partial charge in [0.15, 0.2) is 12.1 Å². The Labute approximate surface area is 158 Å². The van der Waals surface area contributed by atoms with Crippen molar-refractivity contribution in [3.63, 3.8) is 0 Å². The van der Waals surface area contributed by atoms with Gasteiger partial charge in [0.05, 0.1) is 24.8 Å². The largest absolute Gasteiger partial charge is 0.447 e. The zero-order valence-electron chi connectivity index (χ0n) is 15.5. The van der Waals surface area contributed by atoms with E-state index in [0.717, 1.165) is 17.3 Å². The van der Waals surface area contributed by atoms with Gasteiger partial charge in [0.25, 0.3) is 5.91 Å². The van der Waals surface area contributed by atoms with E-state index in [4.69, 9.17) is 9.15 Å². The van der Waals surface area contributed by atoms with Crippen molar-refractivity contribution in [1.29, 1.82) is 0 Å². The molecule has 27 heavy (non-hydrogen) atoms. The Hall–Kier alpha value is -2.73. The third kappa shape index (κ3) is 3.57. The topological polar surface area (TPSA) is 77.2 Å². The van der Waals surface area contributed by atoms with Crippen LogP contribution in [0.15, 0.2) is 47.3 Å². The maximum atomic E-state index is 12.7. The Bertz CT molecular complexity index is 945. The summed E-state index contributed by atoms with van der Waals surface area (Å²) in [6.45, 7) is 5.09. The first-order chi connectivity index (χ1) is 13.1. The van der Waals surface area contributed by atoms with E-state index in [2.05, 4.69) is 21.4 Å². The number of aromatic nitrogens is 2. The van der Waals surface area contributed by atoms with E-state index >= 15 is 0 Å². The monoisotopic (exact) mass is 365 g/mol. The lowest BCUT2D eigenvalue weighted by Gasteiger charge is -2.19. The molecule has 2 aromatic heterocycles. The van der Waals surface area contributed by atoms with E-state index in [1.54, 1.807) is 0 Å². The molecule has 0 bridgehead atoms. The highest BCUT2D eigenvalue weighted by Gasteiger charge is 2.31. The van der Waals surface area contributed by atoms with Crippen molar-refractivity contribution in [1.82, 2.24) is 15.3 Å². The van der Waals surface area contributed by atoms with Gasteiger partial charge in [0.1, 0.15) is 5.76 Å². The van der Waals surface area contributed by atoms with Crippen LogP contribution in [-0.4, -0.2) is 35.1 Å². The number of benzene rings is 1. The molecular weight excluding hydrogens is 342 g/mol. The highest BCUT2D eigenvalue weighted by atomic mass is 16.5. The molecule has 3 aromatic rings. The SMILES string of the molecule is CC(C)c1ocnc1C(=O)N[C@H]1COC[C@H]1Cc1ccnc2ccccc12. The van der Waals surface area contributed by atoms with Gasteiger partial charge in [-0.1, -0.05) is 32.0 Å². The maximum Gasteiger partial charge on any atom is 0.273 e. The lowest BCUT2D eigenvalue weighted by atomic mass is 9.93. The minimum absolute atomic E-state index is 0.0545. The number of fused-ring (bicyclic) bond motifs is 1. The number of carbonyl (C=O) groups excluding carboxylic acids is 1. The zero-order chi connectivity index (χ0) is 18.8.